The molecule has 2 aromatic carbocycles. The smallest absolute Gasteiger partial charge is 0.337 e. The van der Waals surface area contributed by atoms with Gasteiger partial charge in [0.15, 0.2) is 11.5 Å². The number of carbonyl (C=O) groups is 4. The number of hydrogen-bond acceptors (Lipinski definition) is 7. The highest BCUT2D eigenvalue weighted by molar-refractivity contribution is 6.23. The van der Waals surface area contributed by atoms with E-state index in [9.17, 15) is 19.2 Å². The van der Waals surface area contributed by atoms with E-state index in [1.165, 1.54) is 31.4 Å². The molecule has 1 atom stereocenters. The molecule has 35 heavy (non-hydrogen) atoms. The number of anilines is 1. The van der Waals surface area contributed by atoms with Crippen LogP contribution in [0.5, 0.6) is 11.5 Å². The summed E-state index contributed by atoms with van der Waals surface area (Å²) in [5.74, 6) is -0.347. The van der Waals surface area contributed by atoms with Gasteiger partial charge in [-0.25, -0.2) is 9.69 Å². The molecule has 0 spiro atoms. The average Bonchev–Trinajstić information content (AvgIpc) is 3.69. The van der Waals surface area contributed by atoms with Crippen LogP contribution in [-0.2, 0) is 25.5 Å². The molecule has 2 fully saturated rings. The molecular weight excluding hydrogens is 452 g/mol. The molecule has 184 valence electrons. The molecule has 0 radical (unpaired) electrons. The Morgan fingerprint density at radius 3 is 2.26 bits per heavy atom. The number of rotatable bonds is 9. The van der Waals surface area contributed by atoms with Crippen molar-refractivity contribution in [1.29, 1.82) is 0 Å². The molecule has 1 saturated heterocycles. The zero-order chi connectivity index (χ0) is 25.1. The van der Waals surface area contributed by atoms with Crippen LogP contribution in [0.3, 0.4) is 0 Å². The number of carbonyl (C=O) groups excluding carboxylic acids is 4. The summed E-state index contributed by atoms with van der Waals surface area (Å²) in [5.41, 5.74) is 1.59. The summed E-state index contributed by atoms with van der Waals surface area (Å²) in [6, 6.07) is 10.7. The third-order valence-corrected chi connectivity index (χ3v) is 6.34. The van der Waals surface area contributed by atoms with Crippen LogP contribution in [0, 0.1) is 5.92 Å². The van der Waals surface area contributed by atoms with Gasteiger partial charge in [0.2, 0.25) is 11.8 Å². The molecule has 2 aromatic rings. The van der Waals surface area contributed by atoms with E-state index in [0.717, 1.165) is 23.3 Å². The Balaban J connectivity index is 1.53. The van der Waals surface area contributed by atoms with Crippen molar-refractivity contribution in [2.24, 2.45) is 5.92 Å². The van der Waals surface area contributed by atoms with E-state index < -0.39 is 17.9 Å². The second kappa shape index (κ2) is 10.2. The first-order valence-electron chi connectivity index (χ1n) is 11.4. The van der Waals surface area contributed by atoms with Gasteiger partial charge in [-0.2, -0.15) is 0 Å². The standard InChI is InChI=1S/C26H28N2O7/c1-33-21-11-4-16(14-22(21)34-2)12-13-27(24(30)17-5-6-17)20-15-23(29)28(25(20)31)19-9-7-18(8-10-19)26(32)35-3/h4,7-11,14,17,20H,5-6,12-13,15H2,1-3H3. The highest BCUT2D eigenvalue weighted by Gasteiger charge is 2.46. The fourth-order valence-electron chi connectivity index (χ4n) is 4.27. The number of hydrogen-bond donors (Lipinski definition) is 0. The van der Waals surface area contributed by atoms with Crippen LogP contribution < -0.4 is 14.4 Å². The summed E-state index contributed by atoms with van der Waals surface area (Å²) < 4.78 is 15.3. The molecule has 0 aromatic heterocycles. The van der Waals surface area contributed by atoms with Crippen LogP contribution in [0.2, 0.25) is 0 Å². The van der Waals surface area contributed by atoms with E-state index in [-0.39, 0.29) is 24.2 Å². The summed E-state index contributed by atoms with van der Waals surface area (Å²) in [6.45, 7) is 0.295. The molecule has 3 amide bonds. The first-order chi connectivity index (χ1) is 16.9. The van der Waals surface area contributed by atoms with Gasteiger partial charge in [-0.3, -0.25) is 14.4 Å². The number of esters is 1. The van der Waals surface area contributed by atoms with Crippen molar-refractivity contribution in [2.45, 2.75) is 31.7 Å². The Labute approximate surface area is 203 Å². The lowest BCUT2D eigenvalue weighted by Gasteiger charge is -2.28. The zero-order valence-corrected chi connectivity index (χ0v) is 20.0. The summed E-state index contributed by atoms with van der Waals surface area (Å²) in [5, 5.41) is 0. The first-order valence-corrected chi connectivity index (χ1v) is 11.4. The van der Waals surface area contributed by atoms with E-state index in [1.54, 1.807) is 25.2 Å². The van der Waals surface area contributed by atoms with E-state index in [4.69, 9.17) is 14.2 Å². The Bertz CT molecular complexity index is 1140. The fourth-order valence-corrected chi connectivity index (χ4v) is 4.27. The summed E-state index contributed by atoms with van der Waals surface area (Å²) in [7, 11) is 4.40. The molecule has 1 heterocycles. The topological polar surface area (TPSA) is 102 Å². The molecule has 1 aliphatic heterocycles. The SMILES string of the molecule is COC(=O)c1ccc(N2C(=O)CC(N(CCc3ccc(OC)c(OC)c3)C(=O)C3CC3)C2=O)cc1. The lowest BCUT2D eigenvalue weighted by Crippen LogP contribution is -2.47. The van der Waals surface area contributed by atoms with E-state index in [2.05, 4.69) is 0 Å². The molecule has 1 unspecified atom stereocenters. The van der Waals surface area contributed by atoms with Gasteiger partial charge in [0.1, 0.15) is 6.04 Å². The third-order valence-electron chi connectivity index (χ3n) is 6.34. The minimum absolute atomic E-state index is 0.0814. The number of ether oxygens (including phenoxy) is 3. The van der Waals surface area contributed by atoms with E-state index >= 15 is 0 Å². The monoisotopic (exact) mass is 480 g/mol. The second-order valence-corrected chi connectivity index (χ2v) is 8.57. The van der Waals surface area contributed by atoms with Crippen LogP contribution in [0.25, 0.3) is 0 Å². The Kier molecular flexibility index (Phi) is 7.04. The number of methoxy groups -OCH3 is 3. The van der Waals surface area contributed by atoms with Gasteiger partial charge in [-0.1, -0.05) is 6.07 Å². The van der Waals surface area contributed by atoms with Gasteiger partial charge >= 0.3 is 5.97 Å². The summed E-state index contributed by atoms with van der Waals surface area (Å²) in [4.78, 5) is 53.7. The Morgan fingerprint density at radius 2 is 1.66 bits per heavy atom. The van der Waals surface area contributed by atoms with Gasteiger partial charge in [0.25, 0.3) is 5.91 Å². The Hall–Kier alpha value is -3.88. The number of benzene rings is 2. The van der Waals surface area contributed by atoms with Crippen LogP contribution in [0.1, 0.15) is 35.2 Å². The predicted molar refractivity (Wildman–Crippen MR) is 126 cm³/mol. The highest BCUT2D eigenvalue weighted by atomic mass is 16.5. The second-order valence-electron chi connectivity index (χ2n) is 8.57. The molecule has 0 bridgehead atoms. The summed E-state index contributed by atoms with van der Waals surface area (Å²) >= 11 is 0. The largest absolute Gasteiger partial charge is 0.493 e. The van der Waals surface area contributed by atoms with Crippen molar-refractivity contribution in [1.82, 2.24) is 4.90 Å². The number of amides is 3. The van der Waals surface area contributed by atoms with Crippen molar-refractivity contribution >= 4 is 29.4 Å². The molecule has 9 heteroatoms. The van der Waals surface area contributed by atoms with E-state index in [0.29, 0.717) is 35.7 Å². The minimum Gasteiger partial charge on any atom is -0.493 e. The van der Waals surface area contributed by atoms with Crippen molar-refractivity contribution < 1.29 is 33.4 Å². The quantitative estimate of drug-likeness (QED) is 0.402. The average molecular weight is 481 g/mol. The lowest BCUT2D eigenvalue weighted by molar-refractivity contribution is -0.139. The van der Waals surface area contributed by atoms with Crippen LogP contribution >= 0.6 is 0 Å². The normalized spacial score (nSPS) is 17.3. The molecule has 0 N–H and O–H groups in total. The molecule has 2 aliphatic rings. The van der Waals surface area contributed by atoms with Crippen molar-refractivity contribution in [3.63, 3.8) is 0 Å². The highest BCUT2D eigenvalue weighted by Crippen LogP contribution is 2.34. The molecule has 4 rings (SSSR count). The molecule has 9 nitrogen and oxygen atoms in total. The maximum atomic E-state index is 13.4. The fraction of sp³-hybridized carbons (Fsp3) is 0.385. The lowest BCUT2D eigenvalue weighted by atomic mass is 10.1. The maximum absolute atomic E-state index is 13.4. The zero-order valence-electron chi connectivity index (χ0n) is 20.0. The molecule has 1 aliphatic carbocycles. The third kappa shape index (κ3) is 4.99. The van der Waals surface area contributed by atoms with Crippen molar-refractivity contribution in [3.8, 4) is 11.5 Å². The van der Waals surface area contributed by atoms with Crippen LogP contribution in [0.15, 0.2) is 42.5 Å². The predicted octanol–water partition coefficient (Wildman–Crippen LogP) is 2.60. The molecule has 1 saturated carbocycles. The maximum Gasteiger partial charge on any atom is 0.337 e. The van der Waals surface area contributed by atoms with Gasteiger partial charge < -0.3 is 19.1 Å². The number of imide groups is 1. The minimum atomic E-state index is -0.865. The van der Waals surface area contributed by atoms with Gasteiger partial charge in [0, 0.05) is 12.5 Å². The number of nitrogens with zero attached hydrogens (tertiary/aromatic N) is 2. The van der Waals surface area contributed by atoms with Crippen molar-refractivity contribution in [3.05, 3.63) is 53.6 Å². The molecular formula is C26H28N2O7. The first kappa shape index (κ1) is 24.3. The van der Waals surface area contributed by atoms with E-state index in [1.807, 2.05) is 12.1 Å². The van der Waals surface area contributed by atoms with Crippen LogP contribution in [0.4, 0.5) is 5.69 Å². The van der Waals surface area contributed by atoms with Gasteiger partial charge in [-0.15, -0.1) is 0 Å². The Morgan fingerprint density at radius 1 is 0.971 bits per heavy atom. The summed E-state index contributed by atoms with van der Waals surface area (Å²) in [6.07, 6.45) is 1.99. The van der Waals surface area contributed by atoms with Gasteiger partial charge in [0.05, 0.1) is 39.0 Å². The van der Waals surface area contributed by atoms with Crippen molar-refractivity contribution in [2.75, 3.05) is 32.8 Å². The van der Waals surface area contributed by atoms with Gasteiger partial charge in [-0.05, 0) is 61.2 Å². The van der Waals surface area contributed by atoms with Crippen LogP contribution in [-0.4, -0.2) is 62.5 Å².